The van der Waals surface area contributed by atoms with E-state index in [-0.39, 0.29) is 5.41 Å². The summed E-state index contributed by atoms with van der Waals surface area (Å²) in [6, 6.07) is 31.2. The van der Waals surface area contributed by atoms with Crippen LogP contribution in [0.25, 0.3) is 11.1 Å². The van der Waals surface area contributed by atoms with E-state index >= 15 is 0 Å². The third-order valence-corrected chi connectivity index (χ3v) is 12.5. The summed E-state index contributed by atoms with van der Waals surface area (Å²) in [7, 11) is 1.78. The molecule has 1 heterocycles. The topological polar surface area (TPSA) is 24.9 Å². The zero-order valence-corrected chi connectivity index (χ0v) is 28.0. The molecule has 0 fully saturated rings. The van der Waals surface area contributed by atoms with E-state index in [2.05, 4.69) is 137 Å². The first-order chi connectivity index (χ1) is 19.5. The number of anilines is 4. The number of hydrogen-bond acceptors (Lipinski definition) is 4. The zero-order chi connectivity index (χ0) is 29.4. The van der Waals surface area contributed by atoms with Crippen molar-refractivity contribution >= 4 is 22.7 Å². The average molecular weight is 664 g/mol. The quantitative estimate of drug-likeness (QED) is 0.110. The maximum atomic E-state index is 7.48. The van der Waals surface area contributed by atoms with Gasteiger partial charge in [-0.05, 0) is 0 Å². The van der Waals surface area contributed by atoms with Crippen molar-refractivity contribution in [2.24, 2.45) is 0 Å². The molecule has 5 rings (SSSR count). The van der Waals surface area contributed by atoms with Crippen LogP contribution >= 0.6 is 0 Å². The number of aryl methyl sites for hydroxylation is 2. The first kappa shape index (κ1) is 29.5. The van der Waals surface area contributed by atoms with Gasteiger partial charge in [0, 0.05) is 0 Å². The fraction of sp³-hybridized carbons (Fsp3) is 0.333. The Hall–Kier alpha value is -3.03. The molecule has 0 aromatic heterocycles. The van der Waals surface area contributed by atoms with Crippen molar-refractivity contribution in [2.45, 2.75) is 46.5 Å². The zero-order valence-electron chi connectivity index (χ0n) is 25.8. The van der Waals surface area contributed by atoms with Crippen LogP contribution in [0.1, 0.15) is 43.9 Å². The summed E-state index contributed by atoms with van der Waals surface area (Å²) in [4.78, 5) is 7.22. The summed E-state index contributed by atoms with van der Waals surface area (Å²) in [5, 5.41) is 0. The summed E-state index contributed by atoms with van der Waals surface area (Å²) < 4.78 is 15.5. The molecule has 0 radical (unpaired) electrons. The number of rotatable bonds is 5. The van der Waals surface area contributed by atoms with Crippen LogP contribution < -0.4 is 30.2 Å². The molecule has 218 valence electrons. The van der Waals surface area contributed by atoms with E-state index in [9.17, 15) is 0 Å². The van der Waals surface area contributed by atoms with Gasteiger partial charge in [0.25, 0.3) is 0 Å². The van der Waals surface area contributed by atoms with Gasteiger partial charge < -0.3 is 0 Å². The second kappa shape index (κ2) is 11.7. The van der Waals surface area contributed by atoms with Crippen molar-refractivity contribution in [1.29, 1.82) is 0 Å². The molecule has 0 aliphatic carbocycles. The predicted molar refractivity (Wildman–Crippen MR) is 171 cm³/mol. The second-order valence-electron chi connectivity index (χ2n) is 12.2. The van der Waals surface area contributed by atoms with Gasteiger partial charge in [-0.3, -0.25) is 0 Å². The molecule has 1 aliphatic rings. The standard InChI is InChI=1S/C36H44IN2O2/c1-26-18-20-28(21-19-26)39-34-17-12-11-16-33(34)38(22-13-23-40-8)32-15-10-9-14-29(32)30-24-27(2)25-31(36(3,4)5)35(30)41-37(39,6)7/h9-12,14-21,24-25H,13,22-23H2,1-8H3/q-1. The van der Waals surface area contributed by atoms with Gasteiger partial charge in [-0.15, -0.1) is 0 Å². The third-order valence-electron chi connectivity index (χ3n) is 7.57. The first-order valence-corrected chi connectivity index (χ1v) is 20.5. The van der Waals surface area contributed by atoms with E-state index in [4.69, 9.17) is 7.80 Å². The summed E-state index contributed by atoms with van der Waals surface area (Å²) in [5.41, 5.74) is 10.7. The molecular formula is C36H44IN2O2-. The van der Waals surface area contributed by atoms with Crippen molar-refractivity contribution in [3.05, 3.63) is 102 Å². The fourth-order valence-electron chi connectivity index (χ4n) is 5.64. The summed E-state index contributed by atoms with van der Waals surface area (Å²) in [6.45, 7) is 12.8. The van der Waals surface area contributed by atoms with E-state index in [1.807, 2.05) is 0 Å². The first-order valence-electron chi connectivity index (χ1n) is 14.3. The van der Waals surface area contributed by atoms with Gasteiger partial charge in [0.1, 0.15) is 0 Å². The monoisotopic (exact) mass is 663 g/mol. The number of fused-ring (bicyclic) bond motifs is 4. The molecule has 0 amide bonds. The summed E-state index contributed by atoms with van der Waals surface area (Å²) in [6.07, 6.45) is 0.915. The second-order valence-corrected chi connectivity index (χ2v) is 19.9. The van der Waals surface area contributed by atoms with E-state index < -0.39 is 19.1 Å². The van der Waals surface area contributed by atoms with Gasteiger partial charge in [0.15, 0.2) is 0 Å². The third kappa shape index (κ3) is 5.98. The molecule has 5 heteroatoms. The molecule has 1 aliphatic heterocycles. The molecule has 0 N–H and O–H groups in total. The number of methoxy groups -OCH3 is 1. The molecule has 0 atom stereocenters. The SMILES string of the molecule is COCCCN1c2ccccc2-c2cc(C)cc(C(C)(C)C)c2O[I-](C)(C)N(c2ccc(C)cc2)c2ccccc21. The van der Waals surface area contributed by atoms with E-state index in [0.717, 1.165) is 18.7 Å². The van der Waals surface area contributed by atoms with Gasteiger partial charge >= 0.3 is 253 Å². The Kier molecular flexibility index (Phi) is 8.40. The van der Waals surface area contributed by atoms with Gasteiger partial charge in [-0.2, -0.15) is 0 Å². The maximum absolute atomic E-state index is 7.48. The van der Waals surface area contributed by atoms with Gasteiger partial charge in [-0.25, -0.2) is 0 Å². The van der Waals surface area contributed by atoms with Gasteiger partial charge in [0.2, 0.25) is 0 Å². The Morgan fingerprint density at radius 1 is 0.756 bits per heavy atom. The number of hydrogen-bond donors (Lipinski definition) is 0. The van der Waals surface area contributed by atoms with Crippen molar-refractivity contribution in [2.75, 3.05) is 38.1 Å². The van der Waals surface area contributed by atoms with Crippen LogP contribution in [0, 0.1) is 13.8 Å². The fourth-order valence-corrected chi connectivity index (χ4v) is 10.7. The molecule has 0 bridgehead atoms. The van der Waals surface area contributed by atoms with Crippen LogP contribution in [-0.2, 0) is 10.2 Å². The predicted octanol–water partition coefficient (Wildman–Crippen LogP) is 6.22. The molecule has 0 saturated carbocycles. The molecular weight excluding hydrogens is 619 g/mol. The van der Waals surface area contributed by atoms with Crippen LogP contribution in [0.5, 0.6) is 5.75 Å². The molecule has 0 saturated heterocycles. The summed E-state index contributed by atoms with van der Waals surface area (Å²) >= 11 is -3.22. The number of halogens is 1. The Labute approximate surface area is 251 Å². The molecule has 4 aromatic rings. The number of nitrogens with zero attached hydrogens (tertiary/aromatic N) is 2. The van der Waals surface area contributed by atoms with Crippen LogP contribution in [-0.4, -0.2) is 30.1 Å². The van der Waals surface area contributed by atoms with Crippen LogP contribution in [0.15, 0.2) is 84.9 Å². The van der Waals surface area contributed by atoms with Crippen LogP contribution in [0.2, 0.25) is 0 Å². The Morgan fingerprint density at radius 3 is 2.05 bits per heavy atom. The Balaban J connectivity index is 1.89. The Morgan fingerprint density at radius 2 is 1.39 bits per heavy atom. The Bertz CT molecular complexity index is 1520. The van der Waals surface area contributed by atoms with Crippen molar-refractivity contribution in [1.82, 2.24) is 0 Å². The van der Waals surface area contributed by atoms with Gasteiger partial charge in [-0.1, -0.05) is 0 Å². The number of benzene rings is 4. The molecule has 4 aromatic carbocycles. The van der Waals surface area contributed by atoms with E-state index in [0.29, 0.717) is 6.61 Å². The van der Waals surface area contributed by atoms with Crippen molar-refractivity contribution < 1.29 is 26.9 Å². The van der Waals surface area contributed by atoms with Crippen molar-refractivity contribution in [3.8, 4) is 16.9 Å². The number of para-hydroxylation sites is 3. The molecule has 0 spiro atoms. The van der Waals surface area contributed by atoms with Crippen LogP contribution in [0.3, 0.4) is 0 Å². The number of alkyl halides is 2. The minimum absolute atomic E-state index is 0.0863. The van der Waals surface area contributed by atoms with Gasteiger partial charge in [0.05, 0.1) is 0 Å². The van der Waals surface area contributed by atoms with E-state index in [1.165, 1.54) is 50.6 Å². The molecule has 0 unspecified atom stereocenters. The van der Waals surface area contributed by atoms with Crippen LogP contribution in [0.4, 0.5) is 22.7 Å². The molecule has 41 heavy (non-hydrogen) atoms. The molecule has 4 nitrogen and oxygen atoms in total. The van der Waals surface area contributed by atoms with E-state index in [1.54, 1.807) is 7.11 Å². The normalized spacial score (nSPS) is 15.3. The average Bonchev–Trinajstić information content (AvgIpc) is 2.92. The summed E-state index contributed by atoms with van der Waals surface area (Å²) in [5.74, 6) is 1.02. The van der Waals surface area contributed by atoms with Crippen molar-refractivity contribution in [3.63, 3.8) is 0 Å². The number of ether oxygens (including phenoxy) is 1. The minimum atomic E-state index is -3.22.